The highest BCUT2D eigenvalue weighted by molar-refractivity contribution is 5.94. The number of ether oxygens (including phenoxy) is 1. The monoisotopic (exact) mass is 267 g/mol. The number of carbonyl (C=O) groups excluding carboxylic acids is 1. The van der Waals surface area contributed by atoms with E-state index in [9.17, 15) is 14.3 Å². The number of methoxy groups -OCH3 is 1. The van der Waals surface area contributed by atoms with Crippen molar-refractivity contribution in [2.24, 2.45) is 0 Å². The number of amides is 1. The second-order valence-electron chi connectivity index (χ2n) is 4.96. The fraction of sp³-hybridized carbons (Fsp3) is 0.500. The van der Waals surface area contributed by atoms with E-state index in [1.807, 2.05) is 0 Å². The lowest BCUT2D eigenvalue weighted by molar-refractivity contribution is 0.0449. The predicted molar refractivity (Wildman–Crippen MR) is 68.7 cm³/mol. The molecule has 104 valence electrons. The van der Waals surface area contributed by atoms with Crippen molar-refractivity contribution in [2.75, 3.05) is 13.7 Å². The van der Waals surface area contributed by atoms with Crippen molar-refractivity contribution in [2.45, 2.75) is 31.3 Å². The number of benzene rings is 1. The van der Waals surface area contributed by atoms with Crippen LogP contribution in [0, 0.1) is 5.82 Å². The maximum absolute atomic E-state index is 13.5. The number of hydrogen-bond donors (Lipinski definition) is 2. The van der Waals surface area contributed by atoms with Gasteiger partial charge in [-0.05, 0) is 31.0 Å². The van der Waals surface area contributed by atoms with Gasteiger partial charge in [-0.2, -0.15) is 0 Å². The van der Waals surface area contributed by atoms with Crippen LogP contribution in [-0.2, 0) is 0 Å². The van der Waals surface area contributed by atoms with Gasteiger partial charge in [0.2, 0.25) is 0 Å². The van der Waals surface area contributed by atoms with Crippen LogP contribution >= 0.6 is 0 Å². The Morgan fingerprint density at radius 3 is 2.74 bits per heavy atom. The van der Waals surface area contributed by atoms with E-state index in [-0.39, 0.29) is 23.8 Å². The molecule has 1 aromatic carbocycles. The first-order chi connectivity index (χ1) is 9.04. The molecule has 2 N–H and O–H groups in total. The summed E-state index contributed by atoms with van der Waals surface area (Å²) < 4.78 is 18.3. The van der Waals surface area contributed by atoms with Crippen LogP contribution in [0.25, 0.3) is 0 Å². The Kier molecular flexibility index (Phi) is 4.04. The summed E-state index contributed by atoms with van der Waals surface area (Å²) in [6.07, 6.45) is 3.35. The Labute approximate surface area is 111 Å². The van der Waals surface area contributed by atoms with Crippen LogP contribution < -0.4 is 10.1 Å². The Morgan fingerprint density at radius 1 is 1.47 bits per heavy atom. The summed E-state index contributed by atoms with van der Waals surface area (Å²) in [5, 5.41) is 12.8. The fourth-order valence-corrected chi connectivity index (χ4v) is 2.36. The molecule has 0 bridgehead atoms. The van der Waals surface area contributed by atoms with Gasteiger partial charge in [0.25, 0.3) is 5.91 Å². The van der Waals surface area contributed by atoms with Gasteiger partial charge in [0, 0.05) is 12.1 Å². The Balaban J connectivity index is 1.98. The van der Waals surface area contributed by atoms with Gasteiger partial charge < -0.3 is 15.2 Å². The molecule has 1 aliphatic rings. The molecule has 19 heavy (non-hydrogen) atoms. The summed E-state index contributed by atoms with van der Waals surface area (Å²) in [5.41, 5.74) is -0.583. The van der Waals surface area contributed by atoms with Gasteiger partial charge in [-0.15, -0.1) is 0 Å². The zero-order valence-electron chi connectivity index (χ0n) is 10.9. The van der Waals surface area contributed by atoms with E-state index >= 15 is 0 Å². The standard InChI is InChI=1S/C14H18FNO3/c1-19-12-5-4-10(8-11(12)15)13(17)16-9-14(18)6-2-3-7-14/h4-5,8,18H,2-3,6-7,9H2,1H3,(H,16,17). The normalized spacial score (nSPS) is 17.2. The molecule has 4 nitrogen and oxygen atoms in total. The maximum atomic E-state index is 13.5. The lowest BCUT2D eigenvalue weighted by Gasteiger charge is -2.22. The summed E-state index contributed by atoms with van der Waals surface area (Å²) in [6.45, 7) is 0.208. The molecule has 0 heterocycles. The smallest absolute Gasteiger partial charge is 0.251 e. The average molecular weight is 267 g/mol. The molecule has 0 unspecified atom stereocenters. The van der Waals surface area contributed by atoms with E-state index in [1.54, 1.807) is 0 Å². The molecule has 1 aromatic rings. The first kappa shape index (κ1) is 13.8. The molecule has 1 aliphatic carbocycles. The van der Waals surface area contributed by atoms with Crippen molar-refractivity contribution in [1.29, 1.82) is 0 Å². The van der Waals surface area contributed by atoms with E-state index in [1.165, 1.54) is 19.2 Å². The minimum Gasteiger partial charge on any atom is -0.494 e. The van der Waals surface area contributed by atoms with Gasteiger partial charge in [0.05, 0.1) is 12.7 Å². The van der Waals surface area contributed by atoms with Gasteiger partial charge in [-0.25, -0.2) is 4.39 Å². The first-order valence-electron chi connectivity index (χ1n) is 6.38. The number of halogens is 1. The van der Waals surface area contributed by atoms with Gasteiger partial charge in [-0.1, -0.05) is 12.8 Å². The Hall–Kier alpha value is -1.62. The molecule has 1 saturated carbocycles. The number of nitrogens with one attached hydrogen (secondary N) is 1. The molecule has 0 saturated heterocycles. The molecule has 0 atom stereocenters. The Bertz CT molecular complexity index is 470. The van der Waals surface area contributed by atoms with Crippen LogP contribution in [0.3, 0.4) is 0 Å². The topological polar surface area (TPSA) is 58.6 Å². The van der Waals surface area contributed by atoms with Crippen molar-refractivity contribution in [3.05, 3.63) is 29.6 Å². The molecule has 0 aromatic heterocycles. The second kappa shape index (κ2) is 5.57. The molecular formula is C14H18FNO3. The predicted octanol–water partition coefficient (Wildman–Crippen LogP) is 1.87. The molecule has 5 heteroatoms. The third-order valence-corrected chi connectivity index (χ3v) is 3.53. The maximum Gasteiger partial charge on any atom is 0.251 e. The van der Waals surface area contributed by atoms with Crippen LogP contribution in [0.15, 0.2) is 18.2 Å². The van der Waals surface area contributed by atoms with Crippen molar-refractivity contribution in [3.8, 4) is 5.75 Å². The summed E-state index contributed by atoms with van der Waals surface area (Å²) in [5.74, 6) is -0.859. The van der Waals surface area contributed by atoms with Gasteiger partial charge >= 0.3 is 0 Å². The first-order valence-corrected chi connectivity index (χ1v) is 6.38. The third kappa shape index (κ3) is 3.23. The van der Waals surface area contributed by atoms with Crippen molar-refractivity contribution < 1.29 is 19.0 Å². The molecule has 0 radical (unpaired) electrons. The molecule has 1 fully saturated rings. The largest absolute Gasteiger partial charge is 0.494 e. The van der Waals surface area contributed by atoms with Crippen LogP contribution in [0.4, 0.5) is 4.39 Å². The Morgan fingerprint density at radius 2 is 2.16 bits per heavy atom. The number of aliphatic hydroxyl groups is 1. The minimum atomic E-state index is -0.805. The quantitative estimate of drug-likeness (QED) is 0.875. The number of hydrogen-bond acceptors (Lipinski definition) is 3. The molecule has 2 rings (SSSR count). The van der Waals surface area contributed by atoms with Gasteiger partial charge in [0.1, 0.15) is 0 Å². The third-order valence-electron chi connectivity index (χ3n) is 3.53. The average Bonchev–Trinajstić information content (AvgIpc) is 2.83. The molecule has 0 aliphatic heterocycles. The van der Waals surface area contributed by atoms with Crippen molar-refractivity contribution in [3.63, 3.8) is 0 Å². The van der Waals surface area contributed by atoms with E-state index in [4.69, 9.17) is 4.74 Å². The lowest BCUT2D eigenvalue weighted by Crippen LogP contribution is -2.40. The van der Waals surface area contributed by atoms with E-state index in [2.05, 4.69) is 5.32 Å². The summed E-state index contributed by atoms with van der Waals surface area (Å²) >= 11 is 0. The highest BCUT2D eigenvalue weighted by atomic mass is 19.1. The summed E-state index contributed by atoms with van der Waals surface area (Å²) in [4.78, 5) is 11.9. The lowest BCUT2D eigenvalue weighted by atomic mass is 10.0. The minimum absolute atomic E-state index is 0.103. The van der Waals surface area contributed by atoms with Gasteiger partial charge in [0.15, 0.2) is 11.6 Å². The highest BCUT2D eigenvalue weighted by Crippen LogP contribution is 2.28. The molecule has 0 spiro atoms. The van der Waals surface area contributed by atoms with E-state index in [0.717, 1.165) is 18.9 Å². The van der Waals surface area contributed by atoms with Crippen LogP contribution in [0.5, 0.6) is 5.75 Å². The zero-order valence-corrected chi connectivity index (χ0v) is 10.9. The van der Waals surface area contributed by atoms with Crippen LogP contribution in [0.2, 0.25) is 0 Å². The number of carbonyl (C=O) groups is 1. The van der Waals surface area contributed by atoms with Crippen molar-refractivity contribution >= 4 is 5.91 Å². The SMILES string of the molecule is COc1ccc(C(=O)NCC2(O)CCCC2)cc1F. The zero-order chi connectivity index (χ0) is 13.9. The fourth-order valence-electron chi connectivity index (χ4n) is 2.36. The highest BCUT2D eigenvalue weighted by Gasteiger charge is 2.31. The van der Waals surface area contributed by atoms with E-state index in [0.29, 0.717) is 12.8 Å². The summed E-state index contributed by atoms with van der Waals surface area (Å²) in [7, 11) is 1.37. The van der Waals surface area contributed by atoms with Gasteiger partial charge in [-0.3, -0.25) is 4.79 Å². The summed E-state index contributed by atoms with van der Waals surface area (Å²) in [6, 6.07) is 4.04. The van der Waals surface area contributed by atoms with Crippen LogP contribution in [0.1, 0.15) is 36.0 Å². The van der Waals surface area contributed by atoms with Crippen molar-refractivity contribution in [1.82, 2.24) is 5.32 Å². The van der Waals surface area contributed by atoms with E-state index < -0.39 is 11.4 Å². The number of rotatable bonds is 4. The molecular weight excluding hydrogens is 249 g/mol. The molecule has 1 amide bonds. The second-order valence-corrected chi connectivity index (χ2v) is 4.96. The van der Waals surface area contributed by atoms with Crippen LogP contribution in [-0.4, -0.2) is 30.3 Å².